The molecule has 0 saturated carbocycles. The van der Waals surface area contributed by atoms with Crippen molar-refractivity contribution < 1.29 is 13.2 Å². The van der Waals surface area contributed by atoms with Crippen molar-refractivity contribution in [1.29, 1.82) is 0 Å². The Kier molecular flexibility index (Phi) is 5.23. The smallest absolute Gasteiger partial charge is 0.273 e. The van der Waals surface area contributed by atoms with E-state index in [0.29, 0.717) is 13.1 Å². The molecule has 0 atom stereocenters. The maximum absolute atomic E-state index is 11.6. The summed E-state index contributed by atoms with van der Waals surface area (Å²) in [5, 5.41) is 9.85. The lowest BCUT2D eigenvalue weighted by Crippen LogP contribution is -2.29. The molecular weight excluding hydrogens is 258 g/mol. The van der Waals surface area contributed by atoms with E-state index in [1.807, 2.05) is 0 Å². The zero-order chi connectivity index (χ0) is 13.6. The van der Waals surface area contributed by atoms with E-state index in [1.54, 1.807) is 6.92 Å². The van der Waals surface area contributed by atoms with Gasteiger partial charge in [-0.3, -0.25) is 9.48 Å². The van der Waals surface area contributed by atoms with Crippen LogP contribution in [0.15, 0.2) is 6.20 Å². The molecule has 8 nitrogen and oxygen atoms in total. The van der Waals surface area contributed by atoms with Gasteiger partial charge >= 0.3 is 0 Å². The monoisotopic (exact) mass is 275 g/mol. The van der Waals surface area contributed by atoms with Gasteiger partial charge in [-0.1, -0.05) is 12.1 Å². The number of carbonyl (C=O) groups is 1. The molecule has 0 aliphatic heterocycles. The lowest BCUT2D eigenvalue weighted by Gasteiger charge is -2.02. The van der Waals surface area contributed by atoms with Crippen molar-refractivity contribution in [3.63, 3.8) is 0 Å². The Hall–Kier alpha value is -1.48. The molecule has 0 bridgehead atoms. The van der Waals surface area contributed by atoms with E-state index in [0.717, 1.165) is 0 Å². The molecular formula is C9H17N5O3S. The molecule has 0 aromatic carbocycles. The van der Waals surface area contributed by atoms with Gasteiger partial charge in [0.25, 0.3) is 5.91 Å². The van der Waals surface area contributed by atoms with Crippen LogP contribution in [0.2, 0.25) is 0 Å². The Labute approximate surface area is 105 Å². The van der Waals surface area contributed by atoms with Crippen LogP contribution in [-0.4, -0.2) is 53.9 Å². The molecule has 1 aromatic heterocycles. The number of nitrogens with two attached hydrogens (primary N) is 1. The number of hydrogen-bond acceptors (Lipinski definition) is 6. The number of sulfone groups is 1. The van der Waals surface area contributed by atoms with Crippen LogP contribution in [0.5, 0.6) is 0 Å². The van der Waals surface area contributed by atoms with Crippen molar-refractivity contribution in [2.75, 3.05) is 24.6 Å². The number of carbonyl (C=O) groups excluding carboxylic acids is 1. The van der Waals surface area contributed by atoms with E-state index in [-0.39, 0.29) is 23.7 Å². The average Bonchev–Trinajstić information content (AvgIpc) is 2.78. The van der Waals surface area contributed by atoms with Crippen molar-refractivity contribution in [1.82, 2.24) is 20.3 Å². The number of nitrogens with one attached hydrogen (secondary N) is 1. The number of rotatable bonds is 7. The maximum Gasteiger partial charge on any atom is 0.273 e. The second-order valence-electron chi connectivity index (χ2n) is 3.65. The summed E-state index contributed by atoms with van der Waals surface area (Å²) in [6.45, 7) is 2.51. The first-order valence-corrected chi connectivity index (χ1v) is 7.39. The van der Waals surface area contributed by atoms with Gasteiger partial charge in [0.2, 0.25) is 0 Å². The van der Waals surface area contributed by atoms with Crippen molar-refractivity contribution >= 4 is 15.7 Å². The Bertz CT molecular complexity index is 496. The minimum Gasteiger partial charge on any atom is -0.350 e. The minimum atomic E-state index is -3.07. The van der Waals surface area contributed by atoms with Gasteiger partial charge < -0.3 is 11.1 Å². The molecule has 0 unspecified atom stereocenters. The van der Waals surface area contributed by atoms with Gasteiger partial charge in [0, 0.05) is 18.8 Å². The summed E-state index contributed by atoms with van der Waals surface area (Å²) in [4.78, 5) is 11.6. The summed E-state index contributed by atoms with van der Waals surface area (Å²) in [7, 11) is -3.07. The predicted octanol–water partition coefficient (Wildman–Crippen LogP) is -1.60. The summed E-state index contributed by atoms with van der Waals surface area (Å²) < 4.78 is 23.9. The summed E-state index contributed by atoms with van der Waals surface area (Å²) in [6, 6.07) is 0. The molecule has 1 rings (SSSR count). The van der Waals surface area contributed by atoms with E-state index in [2.05, 4.69) is 15.6 Å². The van der Waals surface area contributed by atoms with E-state index in [9.17, 15) is 13.2 Å². The van der Waals surface area contributed by atoms with Crippen LogP contribution in [0.4, 0.5) is 0 Å². The molecule has 0 aliphatic rings. The SMILES string of the molecule is CCS(=O)(=O)CCNC(=O)c1cn(CCN)nn1. The molecule has 9 heteroatoms. The largest absolute Gasteiger partial charge is 0.350 e. The third-order valence-electron chi connectivity index (χ3n) is 2.27. The van der Waals surface area contributed by atoms with E-state index >= 15 is 0 Å². The molecule has 18 heavy (non-hydrogen) atoms. The molecule has 3 N–H and O–H groups in total. The van der Waals surface area contributed by atoms with Gasteiger partial charge in [-0.05, 0) is 0 Å². The number of hydrogen-bond donors (Lipinski definition) is 2. The van der Waals surface area contributed by atoms with Crippen LogP contribution in [0.3, 0.4) is 0 Å². The van der Waals surface area contributed by atoms with E-state index in [1.165, 1.54) is 10.9 Å². The number of nitrogens with zero attached hydrogens (tertiary/aromatic N) is 3. The highest BCUT2D eigenvalue weighted by molar-refractivity contribution is 7.91. The maximum atomic E-state index is 11.6. The molecule has 1 aromatic rings. The lowest BCUT2D eigenvalue weighted by atomic mass is 10.4. The minimum absolute atomic E-state index is 0.0650. The molecule has 0 aliphatic carbocycles. The van der Waals surface area contributed by atoms with Crippen molar-refractivity contribution in [2.24, 2.45) is 5.73 Å². The first kappa shape index (κ1) is 14.6. The van der Waals surface area contributed by atoms with Crippen molar-refractivity contribution in [3.8, 4) is 0 Å². The second kappa shape index (κ2) is 6.45. The van der Waals surface area contributed by atoms with Gasteiger partial charge in [-0.2, -0.15) is 0 Å². The Morgan fingerprint density at radius 1 is 1.56 bits per heavy atom. The van der Waals surface area contributed by atoms with Gasteiger partial charge in [0.05, 0.1) is 18.5 Å². The molecule has 1 heterocycles. The molecule has 0 spiro atoms. The normalized spacial score (nSPS) is 11.4. The van der Waals surface area contributed by atoms with Crippen LogP contribution in [-0.2, 0) is 16.4 Å². The fourth-order valence-corrected chi connectivity index (χ4v) is 1.90. The Morgan fingerprint density at radius 2 is 2.28 bits per heavy atom. The highest BCUT2D eigenvalue weighted by Gasteiger charge is 2.12. The molecule has 0 radical (unpaired) electrons. The summed E-state index contributed by atoms with van der Waals surface area (Å²) in [6.07, 6.45) is 1.47. The lowest BCUT2D eigenvalue weighted by molar-refractivity contribution is 0.0951. The molecule has 102 valence electrons. The third kappa shape index (κ3) is 4.41. The topological polar surface area (TPSA) is 120 Å². The Balaban J connectivity index is 2.45. The van der Waals surface area contributed by atoms with Crippen LogP contribution in [0.25, 0.3) is 0 Å². The fraction of sp³-hybridized carbons (Fsp3) is 0.667. The number of aromatic nitrogens is 3. The molecule has 1 amide bonds. The third-order valence-corrected chi connectivity index (χ3v) is 3.97. The second-order valence-corrected chi connectivity index (χ2v) is 6.12. The van der Waals surface area contributed by atoms with Crippen molar-refractivity contribution in [3.05, 3.63) is 11.9 Å². The van der Waals surface area contributed by atoms with Crippen LogP contribution in [0.1, 0.15) is 17.4 Å². The summed E-state index contributed by atoms with van der Waals surface area (Å²) >= 11 is 0. The van der Waals surface area contributed by atoms with Crippen molar-refractivity contribution in [2.45, 2.75) is 13.5 Å². The van der Waals surface area contributed by atoms with Crippen LogP contribution < -0.4 is 11.1 Å². The zero-order valence-corrected chi connectivity index (χ0v) is 11.0. The van der Waals surface area contributed by atoms with Gasteiger partial charge in [0.15, 0.2) is 15.5 Å². The van der Waals surface area contributed by atoms with Crippen LogP contribution >= 0.6 is 0 Å². The quantitative estimate of drug-likeness (QED) is 0.618. The van der Waals surface area contributed by atoms with Crippen LogP contribution in [0, 0.1) is 0 Å². The molecule has 0 saturated heterocycles. The summed E-state index contributed by atoms with van der Waals surface area (Å²) in [5.41, 5.74) is 5.48. The Morgan fingerprint density at radius 3 is 2.89 bits per heavy atom. The first-order chi connectivity index (χ1) is 8.48. The van der Waals surface area contributed by atoms with E-state index < -0.39 is 15.7 Å². The zero-order valence-electron chi connectivity index (χ0n) is 10.2. The highest BCUT2D eigenvalue weighted by Crippen LogP contribution is 1.93. The first-order valence-electron chi connectivity index (χ1n) is 5.57. The van der Waals surface area contributed by atoms with Gasteiger partial charge in [-0.15, -0.1) is 5.10 Å². The predicted molar refractivity (Wildman–Crippen MR) is 65.7 cm³/mol. The number of amides is 1. The van der Waals surface area contributed by atoms with Gasteiger partial charge in [0.1, 0.15) is 0 Å². The summed E-state index contributed by atoms with van der Waals surface area (Å²) in [5.74, 6) is -0.452. The molecule has 0 fully saturated rings. The van der Waals surface area contributed by atoms with Gasteiger partial charge in [-0.25, -0.2) is 8.42 Å². The standard InChI is InChI=1S/C9H17N5O3S/c1-2-18(16,17)6-4-11-9(15)8-7-14(5-3-10)13-12-8/h7H,2-6,10H2,1H3,(H,11,15). The van der Waals surface area contributed by atoms with E-state index in [4.69, 9.17) is 5.73 Å². The fourth-order valence-electron chi connectivity index (χ4n) is 1.20. The highest BCUT2D eigenvalue weighted by atomic mass is 32.2. The average molecular weight is 275 g/mol.